The second-order valence-corrected chi connectivity index (χ2v) is 4.74. The summed E-state index contributed by atoms with van der Waals surface area (Å²) in [6, 6.07) is 3.94. The Balaban J connectivity index is 2.65. The standard InChI is InChI=1S/C14H20N2O5/c1-16(14(20)10(15)4-6-13(18)19)8-9-3-5-11(17)12(7-9)21-2/h3,5,7,10,17H,4,6,8,15H2,1-2H3,(H,18,19). The van der Waals surface area contributed by atoms with Gasteiger partial charge in [0.15, 0.2) is 11.5 Å². The molecule has 0 heterocycles. The van der Waals surface area contributed by atoms with Crippen molar-refractivity contribution in [1.82, 2.24) is 4.90 Å². The van der Waals surface area contributed by atoms with Crippen LogP contribution in [0.2, 0.25) is 0 Å². The summed E-state index contributed by atoms with van der Waals surface area (Å²) in [5, 5.41) is 18.1. The van der Waals surface area contributed by atoms with Gasteiger partial charge in [0.25, 0.3) is 0 Å². The van der Waals surface area contributed by atoms with Crippen molar-refractivity contribution in [2.45, 2.75) is 25.4 Å². The summed E-state index contributed by atoms with van der Waals surface area (Å²) in [4.78, 5) is 23.9. The van der Waals surface area contributed by atoms with Crippen LogP contribution >= 0.6 is 0 Å². The number of hydrogen-bond donors (Lipinski definition) is 3. The minimum absolute atomic E-state index is 0.0217. The molecular weight excluding hydrogens is 276 g/mol. The average Bonchev–Trinajstić information content (AvgIpc) is 2.45. The highest BCUT2D eigenvalue weighted by molar-refractivity contribution is 5.82. The maximum Gasteiger partial charge on any atom is 0.303 e. The van der Waals surface area contributed by atoms with E-state index in [1.54, 1.807) is 19.2 Å². The number of methoxy groups -OCH3 is 1. The van der Waals surface area contributed by atoms with Crippen LogP contribution < -0.4 is 10.5 Å². The minimum Gasteiger partial charge on any atom is -0.504 e. The van der Waals surface area contributed by atoms with Crippen LogP contribution in [0.25, 0.3) is 0 Å². The van der Waals surface area contributed by atoms with E-state index in [0.717, 1.165) is 5.56 Å². The highest BCUT2D eigenvalue weighted by Gasteiger charge is 2.19. The number of hydrogen-bond acceptors (Lipinski definition) is 5. The quantitative estimate of drug-likeness (QED) is 0.677. The van der Waals surface area contributed by atoms with Crippen LogP contribution in [-0.2, 0) is 16.1 Å². The molecule has 0 saturated carbocycles. The number of aromatic hydroxyl groups is 1. The Morgan fingerprint density at radius 1 is 1.43 bits per heavy atom. The van der Waals surface area contributed by atoms with E-state index < -0.39 is 12.0 Å². The number of aliphatic carboxylic acids is 1. The number of phenolic OH excluding ortho intramolecular Hbond substituents is 1. The van der Waals surface area contributed by atoms with E-state index in [1.165, 1.54) is 18.1 Å². The Morgan fingerprint density at radius 3 is 2.67 bits per heavy atom. The fourth-order valence-electron chi connectivity index (χ4n) is 1.86. The van der Waals surface area contributed by atoms with Crippen molar-refractivity contribution in [2.24, 2.45) is 5.73 Å². The van der Waals surface area contributed by atoms with E-state index in [1.807, 2.05) is 0 Å². The molecule has 1 atom stereocenters. The number of ether oxygens (including phenoxy) is 1. The Morgan fingerprint density at radius 2 is 2.10 bits per heavy atom. The molecule has 4 N–H and O–H groups in total. The number of carboxylic acid groups (broad SMARTS) is 1. The van der Waals surface area contributed by atoms with Gasteiger partial charge < -0.3 is 25.6 Å². The van der Waals surface area contributed by atoms with E-state index in [4.69, 9.17) is 15.6 Å². The molecule has 0 fully saturated rings. The van der Waals surface area contributed by atoms with Crippen molar-refractivity contribution in [3.8, 4) is 11.5 Å². The van der Waals surface area contributed by atoms with Crippen LogP contribution in [0.5, 0.6) is 11.5 Å². The number of nitrogens with zero attached hydrogens (tertiary/aromatic N) is 1. The van der Waals surface area contributed by atoms with E-state index in [0.29, 0.717) is 5.75 Å². The van der Waals surface area contributed by atoms with Crippen molar-refractivity contribution in [3.63, 3.8) is 0 Å². The van der Waals surface area contributed by atoms with Crippen LogP contribution in [0.4, 0.5) is 0 Å². The van der Waals surface area contributed by atoms with Gasteiger partial charge in [-0.25, -0.2) is 0 Å². The van der Waals surface area contributed by atoms with Crippen molar-refractivity contribution >= 4 is 11.9 Å². The summed E-state index contributed by atoms with van der Waals surface area (Å²) in [5.41, 5.74) is 6.45. The fourth-order valence-corrected chi connectivity index (χ4v) is 1.86. The average molecular weight is 296 g/mol. The van der Waals surface area contributed by atoms with Gasteiger partial charge in [-0.3, -0.25) is 9.59 Å². The highest BCUT2D eigenvalue weighted by atomic mass is 16.5. The van der Waals surface area contributed by atoms with Gasteiger partial charge in [-0.15, -0.1) is 0 Å². The van der Waals surface area contributed by atoms with E-state index in [9.17, 15) is 14.7 Å². The Bertz CT molecular complexity index is 518. The van der Waals surface area contributed by atoms with Crippen molar-refractivity contribution in [2.75, 3.05) is 14.2 Å². The molecule has 0 radical (unpaired) electrons. The first-order valence-corrected chi connectivity index (χ1v) is 6.43. The predicted octanol–water partition coefficient (Wildman–Crippen LogP) is 0.551. The Kier molecular flexibility index (Phi) is 5.98. The predicted molar refractivity (Wildman–Crippen MR) is 76.0 cm³/mol. The molecule has 7 heteroatoms. The molecule has 116 valence electrons. The summed E-state index contributed by atoms with van der Waals surface area (Å²) in [7, 11) is 3.03. The molecule has 0 saturated heterocycles. The van der Waals surface area contributed by atoms with Crippen LogP contribution in [0.15, 0.2) is 18.2 Å². The molecule has 0 aliphatic rings. The first-order chi connectivity index (χ1) is 9.85. The maximum atomic E-state index is 12.0. The normalized spacial score (nSPS) is 11.8. The van der Waals surface area contributed by atoms with Gasteiger partial charge in [-0.1, -0.05) is 6.07 Å². The molecule has 0 aromatic heterocycles. The molecule has 0 bridgehead atoms. The SMILES string of the molecule is COc1cc(CN(C)C(=O)C(N)CCC(=O)O)ccc1O. The van der Waals surface area contributed by atoms with Crippen LogP contribution in [-0.4, -0.2) is 47.2 Å². The maximum absolute atomic E-state index is 12.0. The molecule has 1 aromatic carbocycles. The summed E-state index contributed by atoms with van der Waals surface area (Å²) in [6.07, 6.45) is -0.0504. The van der Waals surface area contributed by atoms with Gasteiger partial charge >= 0.3 is 5.97 Å². The summed E-state index contributed by atoms with van der Waals surface area (Å²) in [6.45, 7) is 0.288. The monoisotopic (exact) mass is 296 g/mol. The lowest BCUT2D eigenvalue weighted by Gasteiger charge is -2.21. The molecule has 1 aromatic rings. The molecular formula is C14H20N2O5. The number of carbonyl (C=O) groups excluding carboxylic acids is 1. The van der Waals surface area contributed by atoms with Gasteiger partial charge in [0.2, 0.25) is 5.91 Å². The molecule has 0 spiro atoms. The molecule has 0 aliphatic carbocycles. The molecule has 7 nitrogen and oxygen atoms in total. The number of carbonyl (C=O) groups is 2. The van der Waals surface area contributed by atoms with Crippen LogP contribution in [0, 0.1) is 0 Å². The van der Waals surface area contributed by atoms with Gasteiger partial charge in [-0.05, 0) is 24.1 Å². The van der Waals surface area contributed by atoms with Crippen molar-refractivity contribution < 1.29 is 24.5 Å². The zero-order chi connectivity index (χ0) is 16.0. The molecule has 1 unspecified atom stereocenters. The number of benzene rings is 1. The first kappa shape index (κ1) is 16.8. The number of likely N-dealkylation sites (N-methyl/N-ethyl adjacent to an activating group) is 1. The van der Waals surface area contributed by atoms with Crippen molar-refractivity contribution in [1.29, 1.82) is 0 Å². The highest BCUT2D eigenvalue weighted by Crippen LogP contribution is 2.26. The van der Waals surface area contributed by atoms with Crippen molar-refractivity contribution in [3.05, 3.63) is 23.8 Å². The number of amides is 1. The Labute approximate surface area is 122 Å². The Hall–Kier alpha value is -2.28. The first-order valence-electron chi connectivity index (χ1n) is 6.43. The molecule has 21 heavy (non-hydrogen) atoms. The zero-order valence-electron chi connectivity index (χ0n) is 12.1. The van der Waals surface area contributed by atoms with Crippen LogP contribution in [0.1, 0.15) is 18.4 Å². The lowest BCUT2D eigenvalue weighted by Crippen LogP contribution is -2.41. The van der Waals surface area contributed by atoms with Gasteiger partial charge in [0.1, 0.15) is 0 Å². The van der Waals surface area contributed by atoms with Crippen LogP contribution in [0.3, 0.4) is 0 Å². The number of rotatable bonds is 7. The molecule has 1 amide bonds. The van der Waals surface area contributed by atoms with Gasteiger partial charge in [0.05, 0.1) is 13.2 Å². The molecule has 1 rings (SSSR count). The van der Waals surface area contributed by atoms with E-state index >= 15 is 0 Å². The third-order valence-corrected chi connectivity index (χ3v) is 3.03. The summed E-state index contributed by atoms with van der Waals surface area (Å²) < 4.78 is 5.00. The number of carboxylic acids is 1. The van der Waals surface area contributed by atoms with Gasteiger partial charge in [-0.2, -0.15) is 0 Å². The third kappa shape index (κ3) is 4.96. The van der Waals surface area contributed by atoms with Gasteiger partial charge in [0, 0.05) is 20.0 Å². The third-order valence-electron chi connectivity index (χ3n) is 3.03. The fraction of sp³-hybridized carbons (Fsp3) is 0.429. The van der Waals surface area contributed by atoms with E-state index in [2.05, 4.69) is 0 Å². The second kappa shape index (κ2) is 7.49. The smallest absolute Gasteiger partial charge is 0.303 e. The molecule has 0 aliphatic heterocycles. The summed E-state index contributed by atoms with van der Waals surface area (Å²) in [5.74, 6) is -0.968. The second-order valence-electron chi connectivity index (χ2n) is 4.74. The lowest BCUT2D eigenvalue weighted by atomic mass is 10.1. The lowest BCUT2D eigenvalue weighted by molar-refractivity contribution is -0.137. The largest absolute Gasteiger partial charge is 0.504 e. The summed E-state index contributed by atoms with van der Waals surface area (Å²) >= 11 is 0. The minimum atomic E-state index is -0.982. The topological polar surface area (TPSA) is 113 Å². The van der Waals surface area contributed by atoms with E-state index in [-0.39, 0.29) is 31.0 Å². The number of phenols is 1. The zero-order valence-corrected chi connectivity index (χ0v) is 12.1. The number of nitrogens with two attached hydrogens (primary N) is 1.